The number of likely N-dealkylation sites (tertiary alicyclic amines) is 1. The van der Waals surface area contributed by atoms with Crippen molar-refractivity contribution in [3.8, 4) is 0 Å². The second-order valence-electron chi connectivity index (χ2n) is 9.01. The van der Waals surface area contributed by atoms with E-state index in [1.165, 1.54) is 0 Å². The molecule has 4 rings (SSSR count). The standard InChI is InChI=1S/C23H26F3N5O/c1-13-6-8-15(9-7-13)22(2,3)21(32)31-10-4-5-14(12-31)17-11-16(23(24,25)26)18-19(27)29-30-20(18)28-17/h6-9,11,14H,4-5,10,12H2,1-3H3,(H3,27,28,29,30). The average Bonchev–Trinajstić information content (AvgIpc) is 3.13. The van der Waals surface area contributed by atoms with Gasteiger partial charge in [-0.3, -0.25) is 9.89 Å². The third-order valence-electron chi connectivity index (χ3n) is 6.31. The largest absolute Gasteiger partial charge is 0.417 e. The summed E-state index contributed by atoms with van der Waals surface area (Å²) in [6.07, 6.45) is -3.26. The summed E-state index contributed by atoms with van der Waals surface area (Å²) in [5, 5.41) is 6.02. The first-order valence-electron chi connectivity index (χ1n) is 10.6. The summed E-state index contributed by atoms with van der Waals surface area (Å²) < 4.78 is 41.1. The van der Waals surface area contributed by atoms with Gasteiger partial charge >= 0.3 is 6.18 Å². The van der Waals surface area contributed by atoms with Crippen LogP contribution in [0.4, 0.5) is 19.0 Å². The Labute approximate surface area is 184 Å². The Balaban J connectivity index is 1.64. The number of aromatic nitrogens is 3. The second-order valence-corrected chi connectivity index (χ2v) is 9.01. The topological polar surface area (TPSA) is 87.9 Å². The van der Waals surface area contributed by atoms with E-state index < -0.39 is 17.2 Å². The molecule has 0 aliphatic carbocycles. The molecule has 170 valence electrons. The van der Waals surface area contributed by atoms with E-state index in [9.17, 15) is 18.0 Å². The van der Waals surface area contributed by atoms with E-state index in [-0.39, 0.29) is 34.4 Å². The van der Waals surface area contributed by atoms with Crippen LogP contribution in [0.5, 0.6) is 0 Å². The van der Waals surface area contributed by atoms with E-state index in [2.05, 4.69) is 15.2 Å². The number of H-pyrrole nitrogens is 1. The minimum Gasteiger partial charge on any atom is -0.383 e. The van der Waals surface area contributed by atoms with Gasteiger partial charge in [-0.25, -0.2) is 4.98 Å². The molecular weight excluding hydrogens is 419 g/mol. The van der Waals surface area contributed by atoms with Gasteiger partial charge in [0.15, 0.2) is 5.65 Å². The number of halogens is 3. The number of pyridine rings is 1. The third-order valence-corrected chi connectivity index (χ3v) is 6.31. The van der Waals surface area contributed by atoms with Gasteiger partial charge < -0.3 is 10.6 Å². The van der Waals surface area contributed by atoms with Crippen LogP contribution < -0.4 is 5.73 Å². The predicted octanol–water partition coefficient (Wildman–Crippen LogP) is 4.55. The molecule has 1 atom stereocenters. The number of rotatable bonds is 3. The lowest BCUT2D eigenvalue weighted by Crippen LogP contribution is -2.47. The van der Waals surface area contributed by atoms with Crippen LogP contribution in [-0.4, -0.2) is 39.1 Å². The minimum atomic E-state index is -4.59. The molecule has 3 heterocycles. The molecule has 32 heavy (non-hydrogen) atoms. The maximum absolute atomic E-state index is 13.7. The predicted molar refractivity (Wildman–Crippen MR) is 116 cm³/mol. The molecule has 1 amide bonds. The van der Waals surface area contributed by atoms with Crippen molar-refractivity contribution in [3.05, 3.63) is 52.7 Å². The molecule has 2 aromatic heterocycles. The Morgan fingerprint density at radius 2 is 1.91 bits per heavy atom. The van der Waals surface area contributed by atoms with Gasteiger partial charge in [0.2, 0.25) is 5.91 Å². The zero-order valence-electron chi connectivity index (χ0n) is 18.3. The highest BCUT2D eigenvalue weighted by atomic mass is 19.4. The lowest BCUT2D eigenvalue weighted by molar-refractivity contribution is -0.138. The molecule has 3 N–H and O–H groups in total. The smallest absolute Gasteiger partial charge is 0.383 e. The first-order chi connectivity index (χ1) is 15.0. The fourth-order valence-corrected chi connectivity index (χ4v) is 4.39. The lowest BCUT2D eigenvalue weighted by atomic mass is 9.81. The molecule has 1 fully saturated rings. The van der Waals surface area contributed by atoms with Gasteiger partial charge in [-0.05, 0) is 45.2 Å². The summed E-state index contributed by atoms with van der Waals surface area (Å²) in [6.45, 7) is 6.61. The van der Waals surface area contributed by atoms with Gasteiger partial charge in [0.1, 0.15) is 5.82 Å². The highest BCUT2D eigenvalue weighted by Crippen LogP contribution is 2.39. The minimum absolute atomic E-state index is 0.0489. The van der Waals surface area contributed by atoms with Gasteiger partial charge in [-0.2, -0.15) is 18.3 Å². The fraction of sp³-hybridized carbons (Fsp3) is 0.435. The van der Waals surface area contributed by atoms with Crippen LogP contribution >= 0.6 is 0 Å². The number of hydrogen-bond acceptors (Lipinski definition) is 4. The van der Waals surface area contributed by atoms with Crippen LogP contribution in [0.3, 0.4) is 0 Å². The van der Waals surface area contributed by atoms with Crippen molar-refractivity contribution in [2.24, 2.45) is 0 Å². The number of aryl methyl sites for hydroxylation is 1. The molecule has 9 heteroatoms. The van der Waals surface area contributed by atoms with Crippen LogP contribution in [0.25, 0.3) is 11.0 Å². The lowest BCUT2D eigenvalue weighted by Gasteiger charge is -2.38. The third kappa shape index (κ3) is 3.91. The molecule has 1 saturated heterocycles. The number of carbonyl (C=O) groups excluding carboxylic acids is 1. The highest BCUT2D eigenvalue weighted by Gasteiger charge is 2.39. The van der Waals surface area contributed by atoms with E-state index in [0.29, 0.717) is 25.9 Å². The van der Waals surface area contributed by atoms with E-state index in [0.717, 1.165) is 17.2 Å². The molecule has 0 saturated carbocycles. The zero-order chi connectivity index (χ0) is 23.3. The number of nitrogen functional groups attached to an aromatic ring is 1. The first kappa shape index (κ1) is 22.1. The number of aromatic amines is 1. The van der Waals surface area contributed by atoms with Crippen molar-refractivity contribution in [1.29, 1.82) is 0 Å². The molecule has 1 unspecified atom stereocenters. The molecule has 0 spiro atoms. The summed E-state index contributed by atoms with van der Waals surface area (Å²) in [6, 6.07) is 8.88. The van der Waals surface area contributed by atoms with Crippen molar-refractivity contribution < 1.29 is 18.0 Å². The van der Waals surface area contributed by atoms with Crippen molar-refractivity contribution in [1.82, 2.24) is 20.1 Å². The number of carbonyl (C=O) groups is 1. The summed E-state index contributed by atoms with van der Waals surface area (Å²) in [5.41, 5.74) is 6.29. The van der Waals surface area contributed by atoms with E-state index in [4.69, 9.17) is 5.73 Å². The summed E-state index contributed by atoms with van der Waals surface area (Å²) >= 11 is 0. The monoisotopic (exact) mass is 445 g/mol. The Bertz CT molecular complexity index is 1150. The zero-order valence-corrected chi connectivity index (χ0v) is 18.3. The van der Waals surface area contributed by atoms with Crippen LogP contribution in [0, 0.1) is 6.92 Å². The Morgan fingerprint density at radius 1 is 1.22 bits per heavy atom. The summed E-state index contributed by atoms with van der Waals surface area (Å²) in [7, 11) is 0. The van der Waals surface area contributed by atoms with Crippen LogP contribution in [0.15, 0.2) is 30.3 Å². The van der Waals surface area contributed by atoms with Gasteiger partial charge in [0.05, 0.1) is 16.4 Å². The highest BCUT2D eigenvalue weighted by molar-refractivity contribution is 5.90. The SMILES string of the molecule is Cc1ccc(C(C)(C)C(=O)N2CCCC(c3cc(C(F)(F)F)c4c(N)[nH]nc4n3)C2)cc1. The Hall–Kier alpha value is -3.10. The number of anilines is 1. The first-order valence-corrected chi connectivity index (χ1v) is 10.6. The quantitative estimate of drug-likeness (QED) is 0.619. The maximum atomic E-state index is 13.7. The van der Waals surface area contributed by atoms with Gasteiger partial charge in [0.25, 0.3) is 0 Å². The molecule has 0 bridgehead atoms. The number of nitrogens with one attached hydrogen (secondary N) is 1. The number of alkyl halides is 3. The van der Waals surface area contributed by atoms with Crippen molar-refractivity contribution >= 4 is 22.8 Å². The second kappa shape index (κ2) is 7.79. The summed E-state index contributed by atoms with van der Waals surface area (Å²) in [5.74, 6) is -0.524. The number of amides is 1. The number of benzene rings is 1. The van der Waals surface area contributed by atoms with Gasteiger partial charge in [0, 0.05) is 24.7 Å². The van der Waals surface area contributed by atoms with Crippen LogP contribution in [-0.2, 0) is 16.4 Å². The fourth-order valence-electron chi connectivity index (χ4n) is 4.39. The van der Waals surface area contributed by atoms with E-state index >= 15 is 0 Å². The number of nitrogens with zero attached hydrogens (tertiary/aromatic N) is 3. The van der Waals surface area contributed by atoms with Crippen molar-refractivity contribution in [3.63, 3.8) is 0 Å². The molecule has 1 aromatic carbocycles. The normalized spacial score (nSPS) is 17.7. The van der Waals surface area contributed by atoms with Gasteiger partial charge in [-0.1, -0.05) is 29.8 Å². The average molecular weight is 445 g/mol. The molecule has 6 nitrogen and oxygen atoms in total. The molecule has 0 radical (unpaired) electrons. The van der Waals surface area contributed by atoms with Crippen molar-refractivity contribution in [2.75, 3.05) is 18.8 Å². The number of hydrogen-bond donors (Lipinski definition) is 2. The molecule has 1 aliphatic heterocycles. The van der Waals surface area contributed by atoms with E-state index in [1.54, 1.807) is 4.90 Å². The maximum Gasteiger partial charge on any atom is 0.417 e. The summed E-state index contributed by atoms with van der Waals surface area (Å²) in [4.78, 5) is 19.5. The molecule has 1 aliphatic rings. The number of nitrogens with two attached hydrogens (primary N) is 1. The molecular formula is C23H26F3N5O. The number of fused-ring (bicyclic) bond motifs is 1. The number of piperidine rings is 1. The Kier molecular flexibility index (Phi) is 5.38. The Morgan fingerprint density at radius 3 is 2.56 bits per heavy atom. The van der Waals surface area contributed by atoms with E-state index in [1.807, 2.05) is 45.0 Å². The van der Waals surface area contributed by atoms with Crippen molar-refractivity contribution in [2.45, 2.75) is 51.1 Å². The van der Waals surface area contributed by atoms with Crippen LogP contribution in [0.1, 0.15) is 55.0 Å². The van der Waals surface area contributed by atoms with Gasteiger partial charge in [-0.15, -0.1) is 0 Å². The molecule has 3 aromatic rings. The van der Waals surface area contributed by atoms with Crippen LogP contribution in [0.2, 0.25) is 0 Å².